The lowest BCUT2D eigenvalue weighted by Crippen LogP contribution is -2.12. The minimum Gasteiger partial charge on any atom is -0.318 e. The lowest BCUT2D eigenvalue weighted by molar-refractivity contribution is -0.112. The van der Waals surface area contributed by atoms with Gasteiger partial charge in [0.2, 0.25) is 0 Å². The molecule has 0 aliphatic carbocycles. The van der Waals surface area contributed by atoms with Crippen molar-refractivity contribution in [3.63, 3.8) is 0 Å². The van der Waals surface area contributed by atoms with Crippen LogP contribution < -0.4 is 5.32 Å². The van der Waals surface area contributed by atoms with Gasteiger partial charge >= 0.3 is 0 Å². The lowest BCUT2D eigenvalue weighted by atomic mass is 10.1. The summed E-state index contributed by atoms with van der Waals surface area (Å²) < 4.78 is 0. The first-order valence-corrected chi connectivity index (χ1v) is 6.53. The van der Waals surface area contributed by atoms with Crippen LogP contribution in [0, 0.1) is 5.92 Å². The quantitative estimate of drug-likeness (QED) is 0.661. The first-order chi connectivity index (χ1) is 7.99. The Labute approximate surface area is 105 Å². The summed E-state index contributed by atoms with van der Waals surface area (Å²) in [6.07, 6.45) is 0. The van der Waals surface area contributed by atoms with Crippen LogP contribution >= 0.6 is 11.8 Å². The SMILES string of the molecule is CC(C)C(C)Sc1ccc2c(c1)NC(=O)C2=O. The minimum absolute atomic E-state index is 0.437. The zero-order valence-corrected chi connectivity index (χ0v) is 10.9. The number of Topliss-reactive ketones (excluding diaryl/α,β-unsaturated/α-hetero) is 1. The molecule has 17 heavy (non-hydrogen) atoms. The highest BCUT2D eigenvalue weighted by Crippen LogP contribution is 2.32. The maximum atomic E-state index is 11.4. The molecular formula is C13H15NO2S. The summed E-state index contributed by atoms with van der Waals surface area (Å²) in [6, 6.07) is 5.51. The highest BCUT2D eigenvalue weighted by molar-refractivity contribution is 8.00. The standard InChI is InChI=1S/C13H15NO2S/c1-7(2)8(3)17-9-4-5-10-11(6-9)14-13(16)12(10)15/h4-8H,1-3H3,(H,14,15,16). The molecule has 4 heteroatoms. The minimum atomic E-state index is -0.529. The molecule has 3 nitrogen and oxygen atoms in total. The molecule has 1 aromatic rings. The van der Waals surface area contributed by atoms with Crippen LogP contribution in [-0.4, -0.2) is 16.9 Å². The number of hydrogen-bond acceptors (Lipinski definition) is 3. The van der Waals surface area contributed by atoms with Crippen molar-refractivity contribution < 1.29 is 9.59 Å². The Hall–Kier alpha value is -1.29. The number of hydrogen-bond donors (Lipinski definition) is 1. The van der Waals surface area contributed by atoms with E-state index in [0.29, 0.717) is 22.4 Å². The van der Waals surface area contributed by atoms with Gasteiger partial charge in [0.1, 0.15) is 0 Å². The molecule has 1 heterocycles. The number of benzene rings is 1. The van der Waals surface area contributed by atoms with Crippen LogP contribution in [0.2, 0.25) is 0 Å². The van der Waals surface area contributed by atoms with Crippen molar-refractivity contribution in [1.29, 1.82) is 0 Å². The number of fused-ring (bicyclic) bond motifs is 1. The van der Waals surface area contributed by atoms with Crippen LogP contribution in [0.1, 0.15) is 31.1 Å². The van der Waals surface area contributed by atoms with E-state index in [1.165, 1.54) is 0 Å². The number of carbonyl (C=O) groups excluding carboxylic acids is 2. The maximum Gasteiger partial charge on any atom is 0.296 e. The van der Waals surface area contributed by atoms with Gasteiger partial charge < -0.3 is 5.32 Å². The number of rotatable bonds is 3. The Morgan fingerprint density at radius 1 is 1.18 bits per heavy atom. The van der Waals surface area contributed by atoms with Crippen molar-refractivity contribution >= 4 is 29.1 Å². The van der Waals surface area contributed by atoms with Crippen LogP contribution in [0.15, 0.2) is 23.1 Å². The Balaban J connectivity index is 2.22. The largest absolute Gasteiger partial charge is 0.318 e. The van der Waals surface area contributed by atoms with Crippen LogP contribution in [-0.2, 0) is 4.79 Å². The molecule has 1 atom stereocenters. The summed E-state index contributed by atoms with van der Waals surface area (Å²) in [5, 5.41) is 3.09. The van der Waals surface area contributed by atoms with E-state index < -0.39 is 11.7 Å². The van der Waals surface area contributed by atoms with E-state index in [1.807, 2.05) is 12.1 Å². The van der Waals surface area contributed by atoms with E-state index >= 15 is 0 Å². The summed E-state index contributed by atoms with van der Waals surface area (Å²) in [7, 11) is 0. The van der Waals surface area contributed by atoms with Gasteiger partial charge in [-0.3, -0.25) is 9.59 Å². The second-order valence-electron chi connectivity index (χ2n) is 4.56. The van der Waals surface area contributed by atoms with Gasteiger partial charge in [0, 0.05) is 10.1 Å². The van der Waals surface area contributed by atoms with Crippen molar-refractivity contribution in [3.05, 3.63) is 23.8 Å². The smallest absolute Gasteiger partial charge is 0.296 e. The van der Waals surface area contributed by atoms with Crippen molar-refractivity contribution in [2.75, 3.05) is 5.32 Å². The third kappa shape index (κ3) is 2.36. The summed E-state index contributed by atoms with van der Waals surface area (Å²) >= 11 is 1.76. The van der Waals surface area contributed by atoms with E-state index in [0.717, 1.165) is 4.90 Å². The molecule has 0 spiro atoms. The Morgan fingerprint density at radius 3 is 2.53 bits per heavy atom. The number of ketones is 1. The maximum absolute atomic E-state index is 11.4. The molecule has 1 unspecified atom stereocenters. The summed E-state index contributed by atoms with van der Waals surface area (Å²) in [5.74, 6) is -0.378. The molecule has 0 saturated carbocycles. The van der Waals surface area contributed by atoms with Crippen molar-refractivity contribution in [3.8, 4) is 0 Å². The fourth-order valence-electron chi connectivity index (χ4n) is 1.55. The van der Waals surface area contributed by atoms with Gasteiger partial charge in [0.15, 0.2) is 0 Å². The average molecular weight is 249 g/mol. The number of thioether (sulfide) groups is 1. The van der Waals surface area contributed by atoms with E-state index in [4.69, 9.17) is 0 Å². The normalized spacial score (nSPS) is 16.0. The Morgan fingerprint density at radius 2 is 1.88 bits per heavy atom. The summed E-state index contributed by atoms with van der Waals surface area (Å²) in [5.41, 5.74) is 1.12. The number of amides is 1. The molecule has 1 aliphatic heterocycles. The van der Waals surface area contributed by atoms with E-state index in [-0.39, 0.29) is 0 Å². The van der Waals surface area contributed by atoms with Crippen LogP contribution in [0.5, 0.6) is 0 Å². The molecular weight excluding hydrogens is 234 g/mol. The zero-order chi connectivity index (χ0) is 12.6. The molecule has 0 aromatic heterocycles. The highest BCUT2D eigenvalue weighted by atomic mass is 32.2. The molecule has 0 fully saturated rings. The monoisotopic (exact) mass is 249 g/mol. The van der Waals surface area contributed by atoms with E-state index in [1.54, 1.807) is 17.8 Å². The molecule has 0 saturated heterocycles. The summed E-state index contributed by atoms with van der Waals surface area (Å²) in [4.78, 5) is 23.7. The highest BCUT2D eigenvalue weighted by Gasteiger charge is 2.27. The van der Waals surface area contributed by atoms with Gasteiger partial charge in [0.05, 0.1) is 11.3 Å². The lowest BCUT2D eigenvalue weighted by Gasteiger charge is -2.15. The van der Waals surface area contributed by atoms with E-state index in [2.05, 4.69) is 26.1 Å². The molecule has 1 N–H and O–H groups in total. The van der Waals surface area contributed by atoms with Gasteiger partial charge in [-0.15, -0.1) is 11.8 Å². The van der Waals surface area contributed by atoms with Gasteiger partial charge in [-0.25, -0.2) is 0 Å². The first kappa shape index (κ1) is 12.2. The average Bonchev–Trinajstić information content (AvgIpc) is 2.54. The van der Waals surface area contributed by atoms with Crippen LogP contribution in [0.3, 0.4) is 0 Å². The van der Waals surface area contributed by atoms with Crippen molar-refractivity contribution in [2.24, 2.45) is 5.92 Å². The van der Waals surface area contributed by atoms with Crippen LogP contribution in [0.25, 0.3) is 0 Å². The van der Waals surface area contributed by atoms with E-state index in [9.17, 15) is 9.59 Å². The Bertz CT molecular complexity index is 482. The summed E-state index contributed by atoms with van der Waals surface area (Å²) in [6.45, 7) is 6.53. The number of carbonyl (C=O) groups is 2. The molecule has 0 bridgehead atoms. The molecule has 90 valence electrons. The van der Waals surface area contributed by atoms with Gasteiger partial charge in [-0.05, 0) is 24.1 Å². The topological polar surface area (TPSA) is 46.2 Å². The van der Waals surface area contributed by atoms with Crippen LogP contribution in [0.4, 0.5) is 5.69 Å². The zero-order valence-electron chi connectivity index (χ0n) is 10.1. The van der Waals surface area contributed by atoms with Crippen molar-refractivity contribution in [2.45, 2.75) is 30.9 Å². The van der Waals surface area contributed by atoms with Gasteiger partial charge in [0.25, 0.3) is 11.7 Å². The Kier molecular flexibility index (Phi) is 3.24. The number of anilines is 1. The molecule has 1 aliphatic rings. The van der Waals surface area contributed by atoms with Gasteiger partial charge in [-0.2, -0.15) is 0 Å². The predicted molar refractivity (Wildman–Crippen MR) is 69.6 cm³/mol. The predicted octanol–water partition coefficient (Wildman–Crippen LogP) is 2.96. The molecule has 0 radical (unpaired) electrons. The third-order valence-electron chi connectivity index (χ3n) is 2.95. The van der Waals surface area contributed by atoms with Crippen molar-refractivity contribution in [1.82, 2.24) is 0 Å². The number of nitrogens with one attached hydrogen (secondary N) is 1. The molecule has 1 aromatic carbocycles. The fraction of sp³-hybridized carbons (Fsp3) is 0.385. The fourth-order valence-corrected chi connectivity index (χ4v) is 2.58. The van der Waals surface area contributed by atoms with Gasteiger partial charge in [-0.1, -0.05) is 20.8 Å². The first-order valence-electron chi connectivity index (χ1n) is 5.65. The molecule has 2 rings (SSSR count). The molecule has 1 amide bonds. The third-order valence-corrected chi connectivity index (χ3v) is 4.39. The second-order valence-corrected chi connectivity index (χ2v) is 6.01. The second kappa shape index (κ2) is 4.53.